The van der Waals surface area contributed by atoms with E-state index in [1.54, 1.807) is 0 Å². The average Bonchev–Trinajstić information content (AvgIpc) is 2.59. The van der Waals surface area contributed by atoms with Crippen LogP contribution >= 0.6 is 0 Å². The number of hydrogen-bond donors (Lipinski definition) is 0. The topological polar surface area (TPSA) is 178 Å². The van der Waals surface area contributed by atoms with E-state index in [4.69, 9.17) is 0 Å². The largest absolute Gasteiger partial charge is 1.00 e. The molecule has 2 aromatic rings. The second-order valence-electron chi connectivity index (χ2n) is 5.00. The molecule has 0 aliphatic rings. The smallest absolute Gasteiger partial charge is 0.545 e. The Labute approximate surface area is 365 Å². The molecular formula is C17H6O9Rb4. The third-order valence-electron chi connectivity index (χ3n) is 3.44. The van der Waals surface area contributed by atoms with Crippen molar-refractivity contribution in [1.82, 2.24) is 0 Å². The van der Waals surface area contributed by atoms with Gasteiger partial charge in [-0.25, -0.2) is 0 Å². The van der Waals surface area contributed by atoms with Crippen LogP contribution in [0.25, 0.3) is 0 Å². The number of ketones is 1. The first-order chi connectivity index (χ1) is 12.1. The molecular weight excluding hydrogens is 690 g/mol. The van der Waals surface area contributed by atoms with Crippen LogP contribution in [-0.2, 0) is 0 Å². The van der Waals surface area contributed by atoms with Crippen LogP contribution in [0.15, 0.2) is 36.4 Å². The van der Waals surface area contributed by atoms with Crippen LogP contribution < -0.4 is 253 Å². The van der Waals surface area contributed by atoms with E-state index in [0.29, 0.717) is 0 Å². The maximum atomic E-state index is 12.4. The predicted octanol–water partition coefficient (Wildman–Crippen LogP) is -15.6. The van der Waals surface area contributed by atoms with Gasteiger partial charge in [0.05, 0.1) is 23.9 Å². The summed E-state index contributed by atoms with van der Waals surface area (Å²) in [4.78, 5) is 56.2. The van der Waals surface area contributed by atoms with Crippen molar-refractivity contribution in [1.29, 1.82) is 0 Å². The van der Waals surface area contributed by atoms with E-state index < -0.39 is 51.9 Å². The molecule has 0 fully saturated rings. The molecule has 0 radical (unpaired) electrons. The fourth-order valence-corrected chi connectivity index (χ4v) is 2.23. The van der Waals surface area contributed by atoms with E-state index in [-0.39, 0.29) is 244 Å². The van der Waals surface area contributed by atoms with E-state index in [1.807, 2.05) is 0 Å². The molecule has 0 amide bonds. The van der Waals surface area contributed by atoms with Gasteiger partial charge in [0.15, 0.2) is 5.78 Å². The van der Waals surface area contributed by atoms with Gasteiger partial charge in [0.25, 0.3) is 0 Å². The molecule has 2 rings (SSSR count). The van der Waals surface area contributed by atoms with Crippen LogP contribution in [0.1, 0.15) is 57.4 Å². The van der Waals surface area contributed by atoms with Gasteiger partial charge in [-0.3, -0.25) is 4.79 Å². The van der Waals surface area contributed by atoms with Crippen molar-refractivity contribution in [3.8, 4) is 0 Å². The quantitative estimate of drug-likeness (QED) is 0.266. The zero-order valence-corrected chi connectivity index (χ0v) is 36.3. The van der Waals surface area contributed by atoms with Crippen molar-refractivity contribution in [2.75, 3.05) is 0 Å². The minimum Gasteiger partial charge on any atom is -0.545 e. The SMILES string of the molecule is O=C(c1ccc(C(=O)[O-])c(C(=O)[O-])c1)c1ccc(C(=O)[O-])c(C(=O)[O-])c1.[Rb+].[Rb+].[Rb+].[Rb+]. The van der Waals surface area contributed by atoms with Gasteiger partial charge in [-0.2, -0.15) is 0 Å². The van der Waals surface area contributed by atoms with Gasteiger partial charge in [0.1, 0.15) is 0 Å². The molecule has 0 aliphatic heterocycles. The monoisotopic (exact) mass is 694 g/mol. The van der Waals surface area contributed by atoms with Gasteiger partial charge < -0.3 is 39.6 Å². The average molecular weight is 696 g/mol. The van der Waals surface area contributed by atoms with Crippen molar-refractivity contribution in [2.45, 2.75) is 0 Å². The molecule has 30 heavy (non-hydrogen) atoms. The third-order valence-corrected chi connectivity index (χ3v) is 3.44. The molecule has 2 aromatic carbocycles. The van der Waals surface area contributed by atoms with Gasteiger partial charge in [-0.1, -0.05) is 24.3 Å². The van der Waals surface area contributed by atoms with Gasteiger partial charge in [0.2, 0.25) is 0 Å². The summed E-state index contributed by atoms with van der Waals surface area (Å²) in [7, 11) is 0. The molecule has 0 bridgehead atoms. The van der Waals surface area contributed by atoms with E-state index in [2.05, 4.69) is 0 Å². The van der Waals surface area contributed by atoms with Crippen LogP contribution in [0.5, 0.6) is 0 Å². The van der Waals surface area contributed by atoms with Crippen LogP contribution in [0.3, 0.4) is 0 Å². The number of hydrogen-bond acceptors (Lipinski definition) is 9. The van der Waals surface area contributed by atoms with Crippen molar-refractivity contribution in [3.63, 3.8) is 0 Å². The molecule has 0 aliphatic carbocycles. The minimum atomic E-state index is -1.86. The molecule has 132 valence electrons. The van der Waals surface area contributed by atoms with Crippen molar-refractivity contribution < 1.29 is 277 Å². The Balaban J connectivity index is -0.00000182. The maximum Gasteiger partial charge on any atom is 1.00 e. The summed E-state index contributed by atoms with van der Waals surface area (Å²) in [5.41, 5.74) is -3.60. The summed E-state index contributed by atoms with van der Waals surface area (Å²) >= 11 is 0. The molecule has 0 aromatic heterocycles. The summed E-state index contributed by atoms with van der Waals surface area (Å²) in [5.74, 6) is -8.19. The molecule has 9 nitrogen and oxygen atoms in total. The van der Waals surface area contributed by atoms with E-state index in [9.17, 15) is 44.4 Å². The summed E-state index contributed by atoms with van der Waals surface area (Å²) in [6, 6.07) is 5.09. The molecule has 13 heteroatoms. The number of carboxylic acid groups (broad SMARTS) is 4. The van der Waals surface area contributed by atoms with Gasteiger partial charge in [-0.05, 0) is 12.1 Å². The Kier molecular flexibility index (Phi) is 22.2. The second kappa shape index (κ2) is 17.6. The van der Waals surface area contributed by atoms with Crippen LogP contribution in [0.4, 0.5) is 0 Å². The summed E-state index contributed by atoms with van der Waals surface area (Å²) in [5, 5.41) is 43.8. The second-order valence-corrected chi connectivity index (χ2v) is 5.00. The molecule has 0 saturated carbocycles. The number of benzene rings is 2. The van der Waals surface area contributed by atoms with Gasteiger partial charge >= 0.3 is 233 Å². The number of aromatic carboxylic acids is 4. The molecule has 0 heterocycles. The number of rotatable bonds is 6. The Morgan fingerprint density at radius 2 is 0.733 bits per heavy atom. The van der Waals surface area contributed by atoms with Gasteiger partial charge in [-0.15, -0.1) is 0 Å². The summed E-state index contributed by atoms with van der Waals surface area (Å²) in [6.07, 6.45) is 0. The molecule has 0 N–H and O–H groups in total. The summed E-state index contributed by atoms with van der Waals surface area (Å²) < 4.78 is 0. The minimum absolute atomic E-state index is 0. The Hall–Kier alpha value is 3.21. The van der Waals surface area contributed by atoms with Crippen molar-refractivity contribution in [2.24, 2.45) is 0 Å². The molecule has 0 unspecified atom stereocenters. The first-order valence-electron chi connectivity index (χ1n) is 6.81. The van der Waals surface area contributed by atoms with E-state index in [1.165, 1.54) is 0 Å². The van der Waals surface area contributed by atoms with Gasteiger partial charge in [0, 0.05) is 33.4 Å². The molecule has 0 spiro atoms. The zero-order chi connectivity index (χ0) is 19.6. The third kappa shape index (κ3) is 10.1. The Morgan fingerprint density at radius 1 is 0.467 bits per heavy atom. The normalized spacial score (nSPS) is 8.80. The number of carbonyl (C=O) groups excluding carboxylic acids is 5. The first kappa shape index (κ1) is 37.8. The summed E-state index contributed by atoms with van der Waals surface area (Å²) in [6.45, 7) is 0. The standard InChI is InChI=1S/C17H10O9.4Rb/c18-13(7-1-3-9(14(19)20)11(5-7)16(23)24)8-2-4-10(15(21)22)12(6-8)17(25)26;;;;/h1-6H,(H,19,20)(H,21,22)(H,23,24)(H,25,26);;;;/q;4*+1/p-4. The molecule has 0 atom stereocenters. The fourth-order valence-electron chi connectivity index (χ4n) is 2.23. The maximum absolute atomic E-state index is 12.4. The number of carboxylic acids is 4. The van der Waals surface area contributed by atoms with Crippen molar-refractivity contribution >= 4 is 29.7 Å². The van der Waals surface area contributed by atoms with Crippen LogP contribution in [-0.4, -0.2) is 29.7 Å². The predicted molar refractivity (Wildman–Crippen MR) is 73.6 cm³/mol. The van der Waals surface area contributed by atoms with Crippen LogP contribution in [0, 0.1) is 0 Å². The Bertz CT molecular complexity index is 912. The van der Waals surface area contributed by atoms with Crippen molar-refractivity contribution in [3.05, 3.63) is 69.8 Å². The van der Waals surface area contributed by atoms with Crippen LogP contribution in [0.2, 0.25) is 0 Å². The zero-order valence-electron chi connectivity index (χ0n) is 16.6. The Morgan fingerprint density at radius 3 is 0.967 bits per heavy atom. The number of carbonyl (C=O) groups is 5. The van der Waals surface area contributed by atoms with E-state index >= 15 is 0 Å². The fraction of sp³-hybridized carbons (Fsp3) is 0. The molecule has 0 saturated heterocycles. The van der Waals surface area contributed by atoms with E-state index in [0.717, 1.165) is 36.4 Å². The first-order valence-corrected chi connectivity index (χ1v) is 6.81.